The summed E-state index contributed by atoms with van der Waals surface area (Å²) in [6, 6.07) is 25.5. The lowest BCUT2D eigenvalue weighted by molar-refractivity contribution is 0.154. The quantitative estimate of drug-likeness (QED) is 0.621. The maximum Gasteiger partial charge on any atom is 0.411 e. The van der Waals surface area contributed by atoms with E-state index in [0.717, 1.165) is 11.1 Å². The Hall–Kier alpha value is -3.80. The van der Waals surface area contributed by atoms with Crippen molar-refractivity contribution in [3.63, 3.8) is 0 Å². The maximum atomic E-state index is 11.9. The Balaban J connectivity index is 1.47. The average molecular weight is 376 g/mol. The highest BCUT2D eigenvalue weighted by Gasteiger charge is 2.07. The van der Waals surface area contributed by atoms with Gasteiger partial charge in [-0.25, -0.2) is 9.59 Å². The van der Waals surface area contributed by atoms with Crippen LogP contribution in [0.25, 0.3) is 0 Å². The molecule has 0 spiro atoms. The zero-order valence-corrected chi connectivity index (χ0v) is 15.1. The van der Waals surface area contributed by atoms with Gasteiger partial charge in [-0.3, -0.25) is 10.6 Å². The van der Waals surface area contributed by atoms with Crippen molar-refractivity contribution < 1.29 is 19.1 Å². The molecule has 0 unspecified atom stereocenters. The van der Waals surface area contributed by atoms with Crippen molar-refractivity contribution in [3.8, 4) is 0 Å². The van der Waals surface area contributed by atoms with E-state index in [9.17, 15) is 9.59 Å². The summed E-state index contributed by atoms with van der Waals surface area (Å²) in [5.41, 5.74) is 2.79. The summed E-state index contributed by atoms with van der Waals surface area (Å²) in [7, 11) is 0. The number of carbonyl (C=O) groups is 2. The molecular weight excluding hydrogens is 356 g/mol. The second kappa shape index (κ2) is 9.78. The Kier molecular flexibility index (Phi) is 6.62. The molecule has 0 aliphatic heterocycles. The van der Waals surface area contributed by atoms with Gasteiger partial charge in [0.15, 0.2) is 0 Å². The Bertz CT molecular complexity index is 841. The number of rotatable bonds is 6. The standard InChI is InChI=1S/C22H20N2O4/c25-21(27-15-17-8-3-1-4-9-17)23-19-12-7-13-20(14-19)24-22(26)28-16-18-10-5-2-6-11-18/h1-14H,15-16H2,(H,23,25)(H,24,26). The number of hydrogen-bond donors (Lipinski definition) is 2. The van der Waals surface area contributed by atoms with Crippen molar-refractivity contribution in [2.75, 3.05) is 10.6 Å². The number of ether oxygens (including phenoxy) is 2. The molecule has 0 aromatic heterocycles. The lowest BCUT2D eigenvalue weighted by Gasteiger charge is -2.10. The molecule has 2 amide bonds. The Morgan fingerprint density at radius 1 is 0.607 bits per heavy atom. The second-order valence-electron chi connectivity index (χ2n) is 5.95. The zero-order chi connectivity index (χ0) is 19.6. The number of carbonyl (C=O) groups excluding carboxylic acids is 2. The van der Waals surface area contributed by atoms with Crippen LogP contribution in [0.1, 0.15) is 11.1 Å². The highest BCUT2D eigenvalue weighted by atomic mass is 16.6. The molecule has 0 bridgehead atoms. The van der Waals surface area contributed by atoms with Crippen molar-refractivity contribution in [3.05, 3.63) is 96.1 Å². The van der Waals surface area contributed by atoms with Crippen LogP contribution in [0.15, 0.2) is 84.9 Å². The third-order valence-corrected chi connectivity index (χ3v) is 3.78. The van der Waals surface area contributed by atoms with Gasteiger partial charge < -0.3 is 9.47 Å². The van der Waals surface area contributed by atoms with Crippen molar-refractivity contribution in [1.82, 2.24) is 0 Å². The van der Waals surface area contributed by atoms with Gasteiger partial charge in [0.25, 0.3) is 0 Å². The van der Waals surface area contributed by atoms with E-state index in [1.807, 2.05) is 60.7 Å². The van der Waals surface area contributed by atoms with E-state index in [2.05, 4.69) is 10.6 Å². The van der Waals surface area contributed by atoms with E-state index in [0.29, 0.717) is 11.4 Å². The van der Waals surface area contributed by atoms with Gasteiger partial charge in [0.1, 0.15) is 13.2 Å². The molecular formula is C22H20N2O4. The molecule has 0 aliphatic carbocycles. The molecule has 3 rings (SSSR count). The first-order valence-electron chi connectivity index (χ1n) is 8.74. The maximum absolute atomic E-state index is 11.9. The minimum absolute atomic E-state index is 0.177. The molecule has 2 N–H and O–H groups in total. The predicted molar refractivity (Wildman–Crippen MR) is 107 cm³/mol. The Labute approximate surface area is 163 Å². The van der Waals surface area contributed by atoms with Crippen LogP contribution in [-0.4, -0.2) is 12.2 Å². The number of hydrogen-bond acceptors (Lipinski definition) is 4. The summed E-state index contributed by atoms with van der Waals surface area (Å²) in [5, 5.41) is 5.26. The van der Waals surface area contributed by atoms with Crippen molar-refractivity contribution in [2.24, 2.45) is 0 Å². The van der Waals surface area contributed by atoms with Crippen LogP contribution < -0.4 is 10.6 Å². The van der Waals surface area contributed by atoms with Crippen LogP contribution in [-0.2, 0) is 22.7 Å². The predicted octanol–water partition coefficient (Wildman–Crippen LogP) is 5.18. The van der Waals surface area contributed by atoms with Gasteiger partial charge in [-0.1, -0.05) is 66.7 Å². The van der Waals surface area contributed by atoms with Crippen molar-refractivity contribution in [2.45, 2.75) is 13.2 Å². The normalized spacial score (nSPS) is 10.0. The Morgan fingerprint density at radius 2 is 1.04 bits per heavy atom. The SMILES string of the molecule is O=C(Nc1cccc(NC(=O)OCc2ccccc2)c1)OCc1ccccc1. The van der Waals surface area contributed by atoms with Crippen LogP contribution in [0.2, 0.25) is 0 Å². The van der Waals surface area contributed by atoms with Gasteiger partial charge in [0.2, 0.25) is 0 Å². The lowest BCUT2D eigenvalue weighted by atomic mass is 10.2. The van der Waals surface area contributed by atoms with Crippen LogP contribution in [0, 0.1) is 0 Å². The van der Waals surface area contributed by atoms with Gasteiger partial charge in [0, 0.05) is 11.4 Å². The fourth-order valence-electron chi connectivity index (χ4n) is 2.43. The minimum Gasteiger partial charge on any atom is -0.444 e. The summed E-state index contributed by atoms with van der Waals surface area (Å²) in [4.78, 5) is 23.9. The first-order valence-corrected chi connectivity index (χ1v) is 8.74. The number of benzene rings is 3. The third-order valence-electron chi connectivity index (χ3n) is 3.78. The molecule has 0 fully saturated rings. The number of nitrogens with one attached hydrogen (secondary N) is 2. The van der Waals surface area contributed by atoms with Crippen LogP contribution in [0.3, 0.4) is 0 Å². The molecule has 0 saturated heterocycles. The zero-order valence-electron chi connectivity index (χ0n) is 15.1. The lowest BCUT2D eigenvalue weighted by Crippen LogP contribution is -2.15. The first kappa shape index (κ1) is 19.0. The molecule has 3 aromatic rings. The summed E-state index contributed by atoms with van der Waals surface area (Å²) < 4.78 is 10.4. The third kappa shape index (κ3) is 6.17. The van der Waals surface area contributed by atoms with Gasteiger partial charge in [-0.2, -0.15) is 0 Å². The highest BCUT2D eigenvalue weighted by molar-refractivity contribution is 5.88. The van der Waals surface area contributed by atoms with E-state index in [1.54, 1.807) is 24.3 Å². The molecule has 3 aromatic carbocycles. The van der Waals surface area contributed by atoms with Crippen LogP contribution in [0.5, 0.6) is 0 Å². The molecule has 142 valence electrons. The van der Waals surface area contributed by atoms with Crippen LogP contribution in [0.4, 0.5) is 21.0 Å². The monoisotopic (exact) mass is 376 g/mol. The fraction of sp³-hybridized carbons (Fsp3) is 0.0909. The largest absolute Gasteiger partial charge is 0.444 e. The molecule has 0 saturated carbocycles. The molecule has 0 radical (unpaired) electrons. The summed E-state index contributed by atoms with van der Waals surface area (Å²) in [6.07, 6.45) is -1.15. The minimum atomic E-state index is -0.576. The number of amides is 2. The van der Waals surface area contributed by atoms with Crippen molar-refractivity contribution >= 4 is 23.6 Å². The van der Waals surface area contributed by atoms with Gasteiger partial charge >= 0.3 is 12.2 Å². The number of anilines is 2. The van der Waals surface area contributed by atoms with Crippen molar-refractivity contribution in [1.29, 1.82) is 0 Å². The fourth-order valence-corrected chi connectivity index (χ4v) is 2.43. The van der Waals surface area contributed by atoms with E-state index < -0.39 is 12.2 Å². The summed E-state index contributed by atoms with van der Waals surface area (Å²) in [5.74, 6) is 0. The summed E-state index contributed by atoms with van der Waals surface area (Å²) in [6.45, 7) is 0.354. The topological polar surface area (TPSA) is 76.7 Å². The molecule has 0 heterocycles. The smallest absolute Gasteiger partial charge is 0.411 e. The molecule has 28 heavy (non-hydrogen) atoms. The van der Waals surface area contributed by atoms with Crippen LogP contribution >= 0.6 is 0 Å². The molecule has 0 aliphatic rings. The van der Waals surface area contributed by atoms with E-state index >= 15 is 0 Å². The average Bonchev–Trinajstić information content (AvgIpc) is 2.72. The second-order valence-corrected chi connectivity index (χ2v) is 5.95. The first-order chi connectivity index (χ1) is 13.7. The van der Waals surface area contributed by atoms with E-state index in [-0.39, 0.29) is 13.2 Å². The molecule has 0 atom stereocenters. The molecule has 6 nitrogen and oxygen atoms in total. The summed E-state index contributed by atoms with van der Waals surface area (Å²) >= 11 is 0. The van der Waals surface area contributed by atoms with E-state index in [1.165, 1.54) is 0 Å². The highest BCUT2D eigenvalue weighted by Crippen LogP contribution is 2.16. The van der Waals surface area contributed by atoms with E-state index in [4.69, 9.17) is 9.47 Å². The molecule has 6 heteroatoms. The van der Waals surface area contributed by atoms with Gasteiger partial charge in [-0.15, -0.1) is 0 Å². The van der Waals surface area contributed by atoms with Gasteiger partial charge in [0.05, 0.1) is 0 Å². The van der Waals surface area contributed by atoms with Gasteiger partial charge in [-0.05, 0) is 29.3 Å². The Morgan fingerprint density at radius 3 is 1.46 bits per heavy atom.